The highest BCUT2D eigenvalue weighted by Crippen LogP contribution is 2.27. The number of aryl methyl sites for hydroxylation is 1. The van der Waals surface area contributed by atoms with Gasteiger partial charge in [0, 0.05) is 13.7 Å². The fourth-order valence-corrected chi connectivity index (χ4v) is 2.08. The largest absolute Gasteiger partial charge is 0.374 e. The molecule has 1 atom stereocenters. The van der Waals surface area contributed by atoms with Crippen LogP contribution in [0.4, 0.5) is 5.82 Å². The lowest BCUT2D eigenvalue weighted by Crippen LogP contribution is -2.11. The van der Waals surface area contributed by atoms with Crippen LogP contribution in [0.5, 0.6) is 0 Å². The SMILES string of the molecule is CCCNc1nc(C(C)OC)nc(CCC)c1Br. The van der Waals surface area contributed by atoms with Crippen molar-refractivity contribution in [2.24, 2.45) is 0 Å². The number of nitrogens with one attached hydrogen (secondary N) is 1. The van der Waals surface area contributed by atoms with Crippen LogP contribution in [0.1, 0.15) is 51.2 Å². The minimum atomic E-state index is -0.0871. The van der Waals surface area contributed by atoms with Gasteiger partial charge in [-0.1, -0.05) is 20.3 Å². The van der Waals surface area contributed by atoms with E-state index in [2.05, 4.69) is 45.1 Å². The van der Waals surface area contributed by atoms with Gasteiger partial charge in [0.05, 0.1) is 10.2 Å². The molecule has 1 N–H and O–H groups in total. The lowest BCUT2D eigenvalue weighted by molar-refractivity contribution is 0.112. The number of aromatic nitrogens is 2. The van der Waals surface area contributed by atoms with E-state index >= 15 is 0 Å². The number of hydrogen-bond acceptors (Lipinski definition) is 4. The van der Waals surface area contributed by atoms with Crippen LogP contribution in [0.25, 0.3) is 0 Å². The van der Waals surface area contributed by atoms with Gasteiger partial charge in [0.25, 0.3) is 0 Å². The molecular weight excluding hydrogens is 294 g/mol. The Balaban J connectivity index is 3.09. The summed E-state index contributed by atoms with van der Waals surface area (Å²) in [7, 11) is 1.68. The summed E-state index contributed by atoms with van der Waals surface area (Å²) in [5.74, 6) is 1.61. The van der Waals surface area contributed by atoms with Crippen LogP contribution in [0.3, 0.4) is 0 Å². The summed E-state index contributed by atoms with van der Waals surface area (Å²) in [5.41, 5.74) is 1.05. The van der Waals surface area contributed by atoms with Crippen molar-refractivity contribution in [3.05, 3.63) is 16.0 Å². The van der Waals surface area contributed by atoms with Gasteiger partial charge in [-0.25, -0.2) is 9.97 Å². The van der Waals surface area contributed by atoms with Crippen LogP contribution in [0.15, 0.2) is 4.47 Å². The first-order valence-corrected chi connectivity index (χ1v) is 7.26. The van der Waals surface area contributed by atoms with E-state index in [-0.39, 0.29) is 6.10 Å². The summed E-state index contributed by atoms with van der Waals surface area (Å²) in [6, 6.07) is 0. The number of halogens is 1. The van der Waals surface area contributed by atoms with Crippen molar-refractivity contribution in [2.75, 3.05) is 19.0 Å². The number of methoxy groups -OCH3 is 1. The van der Waals surface area contributed by atoms with Gasteiger partial charge in [0.15, 0.2) is 5.82 Å². The topological polar surface area (TPSA) is 47.0 Å². The molecule has 1 aromatic rings. The second-order valence-corrected chi connectivity index (χ2v) is 5.04. The Kier molecular flexibility index (Phi) is 6.57. The summed E-state index contributed by atoms with van der Waals surface area (Å²) in [6.45, 7) is 7.14. The Morgan fingerprint density at radius 3 is 2.56 bits per heavy atom. The lowest BCUT2D eigenvalue weighted by atomic mass is 10.2. The number of nitrogens with zero attached hydrogens (tertiary/aromatic N) is 2. The zero-order valence-corrected chi connectivity index (χ0v) is 13.2. The molecule has 18 heavy (non-hydrogen) atoms. The smallest absolute Gasteiger partial charge is 0.159 e. The third-order valence-electron chi connectivity index (χ3n) is 2.68. The van der Waals surface area contributed by atoms with Crippen molar-refractivity contribution in [1.82, 2.24) is 9.97 Å². The third kappa shape index (κ3) is 3.92. The molecule has 0 amide bonds. The van der Waals surface area contributed by atoms with E-state index in [1.54, 1.807) is 7.11 Å². The van der Waals surface area contributed by atoms with E-state index in [1.165, 1.54) is 0 Å². The third-order valence-corrected chi connectivity index (χ3v) is 3.52. The van der Waals surface area contributed by atoms with Crippen LogP contribution < -0.4 is 5.32 Å². The van der Waals surface area contributed by atoms with Crippen molar-refractivity contribution in [3.8, 4) is 0 Å². The van der Waals surface area contributed by atoms with Crippen LogP contribution >= 0.6 is 15.9 Å². The highest BCUT2D eigenvalue weighted by Gasteiger charge is 2.15. The fraction of sp³-hybridized carbons (Fsp3) is 0.692. The van der Waals surface area contributed by atoms with Crippen molar-refractivity contribution >= 4 is 21.7 Å². The van der Waals surface area contributed by atoms with Crippen molar-refractivity contribution < 1.29 is 4.74 Å². The van der Waals surface area contributed by atoms with E-state index in [0.717, 1.165) is 47.6 Å². The van der Waals surface area contributed by atoms with E-state index in [0.29, 0.717) is 0 Å². The standard InChI is InChI=1S/C13H22BrN3O/c1-5-7-10-11(14)13(15-8-6-2)17-12(16-10)9(3)18-4/h9H,5-8H2,1-4H3,(H,15,16,17). The van der Waals surface area contributed by atoms with Gasteiger partial charge in [0.2, 0.25) is 0 Å². The molecule has 1 rings (SSSR count). The molecule has 0 aliphatic heterocycles. The second kappa shape index (κ2) is 7.69. The Hall–Kier alpha value is -0.680. The lowest BCUT2D eigenvalue weighted by Gasteiger charge is -2.15. The first kappa shape index (κ1) is 15.4. The summed E-state index contributed by atoms with van der Waals surface area (Å²) in [5, 5.41) is 3.33. The van der Waals surface area contributed by atoms with E-state index < -0.39 is 0 Å². The normalized spacial score (nSPS) is 12.5. The fourth-order valence-electron chi connectivity index (χ4n) is 1.56. The molecule has 1 unspecified atom stereocenters. The molecule has 102 valence electrons. The van der Waals surface area contributed by atoms with Gasteiger partial charge in [0.1, 0.15) is 11.9 Å². The van der Waals surface area contributed by atoms with Gasteiger partial charge in [-0.05, 0) is 35.7 Å². The molecule has 1 heterocycles. The molecule has 0 radical (unpaired) electrons. The predicted octanol–water partition coefficient (Wildman–Crippen LogP) is 3.72. The van der Waals surface area contributed by atoms with Crippen LogP contribution in [0, 0.1) is 0 Å². The van der Waals surface area contributed by atoms with Gasteiger partial charge in [-0.3, -0.25) is 0 Å². The maximum absolute atomic E-state index is 5.30. The summed E-state index contributed by atoms with van der Waals surface area (Å²) in [4.78, 5) is 9.11. The predicted molar refractivity (Wildman–Crippen MR) is 77.9 cm³/mol. The number of hydrogen-bond donors (Lipinski definition) is 1. The van der Waals surface area contributed by atoms with Crippen molar-refractivity contribution in [1.29, 1.82) is 0 Å². The average Bonchev–Trinajstić information content (AvgIpc) is 2.39. The quantitative estimate of drug-likeness (QED) is 0.833. The summed E-state index contributed by atoms with van der Waals surface area (Å²) >= 11 is 3.59. The highest BCUT2D eigenvalue weighted by atomic mass is 79.9. The monoisotopic (exact) mass is 315 g/mol. The molecule has 0 bridgehead atoms. The number of anilines is 1. The Morgan fingerprint density at radius 1 is 1.28 bits per heavy atom. The van der Waals surface area contributed by atoms with Gasteiger partial charge < -0.3 is 10.1 Å². The minimum Gasteiger partial charge on any atom is -0.374 e. The molecule has 0 saturated heterocycles. The van der Waals surface area contributed by atoms with Crippen LogP contribution in [-0.4, -0.2) is 23.6 Å². The average molecular weight is 316 g/mol. The summed E-state index contributed by atoms with van der Waals surface area (Å²) < 4.78 is 6.28. The molecule has 0 saturated carbocycles. The van der Waals surface area contributed by atoms with Crippen LogP contribution in [0.2, 0.25) is 0 Å². The summed E-state index contributed by atoms with van der Waals surface area (Å²) in [6.07, 6.45) is 2.97. The molecule has 1 aromatic heterocycles. The maximum Gasteiger partial charge on any atom is 0.159 e. The first-order valence-electron chi connectivity index (χ1n) is 6.46. The minimum absolute atomic E-state index is 0.0871. The Morgan fingerprint density at radius 2 is 2.00 bits per heavy atom. The van der Waals surface area contributed by atoms with Gasteiger partial charge >= 0.3 is 0 Å². The van der Waals surface area contributed by atoms with Gasteiger partial charge in [-0.15, -0.1) is 0 Å². The van der Waals surface area contributed by atoms with Crippen LogP contribution in [-0.2, 0) is 11.2 Å². The second-order valence-electron chi connectivity index (χ2n) is 4.25. The van der Waals surface area contributed by atoms with E-state index in [4.69, 9.17) is 4.74 Å². The van der Waals surface area contributed by atoms with Crippen molar-refractivity contribution in [3.63, 3.8) is 0 Å². The zero-order valence-electron chi connectivity index (χ0n) is 11.6. The van der Waals surface area contributed by atoms with Crippen molar-refractivity contribution in [2.45, 2.75) is 46.1 Å². The molecule has 0 fully saturated rings. The molecule has 5 heteroatoms. The highest BCUT2D eigenvalue weighted by molar-refractivity contribution is 9.10. The Bertz CT molecular complexity index is 385. The van der Waals surface area contributed by atoms with E-state index in [1.807, 2.05) is 6.92 Å². The molecule has 0 aliphatic rings. The van der Waals surface area contributed by atoms with Gasteiger partial charge in [-0.2, -0.15) is 0 Å². The molecule has 4 nitrogen and oxygen atoms in total. The molecule has 0 aliphatic carbocycles. The molecular formula is C13H22BrN3O. The molecule has 0 aromatic carbocycles. The maximum atomic E-state index is 5.30. The molecule has 0 spiro atoms. The number of ether oxygens (including phenoxy) is 1. The van der Waals surface area contributed by atoms with E-state index in [9.17, 15) is 0 Å². The first-order chi connectivity index (χ1) is 8.63. The zero-order chi connectivity index (χ0) is 13.5. The Labute approximate surface area is 118 Å². The number of rotatable bonds is 7.